The van der Waals surface area contributed by atoms with Crippen LogP contribution in [0.2, 0.25) is 0 Å². The van der Waals surface area contributed by atoms with Crippen molar-refractivity contribution in [3.63, 3.8) is 0 Å². The highest BCUT2D eigenvalue weighted by molar-refractivity contribution is 5.75. The third-order valence-corrected chi connectivity index (χ3v) is 3.67. The van der Waals surface area contributed by atoms with Gasteiger partial charge in [0.25, 0.3) is 0 Å². The molecule has 1 aromatic heterocycles. The molecular weight excluding hydrogens is 276 g/mol. The van der Waals surface area contributed by atoms with Crippen LogP contribution in [0.15, 0.2) is 48.5 Å². The number of rotatable bonds is 6. The van der Waals surface area contributed by atoms with E-state index in [1.54, 1.807) is 0 Å². The Morgan fingerprint density at radius 1 is 1.09 bits per heavy atom. The summed E-state index contributed by atoms with van der Waals surface area (Å²) in [4.78, 5) is 4.59. The first kappa shape index (κ1) is 14.6. The number of aryl methyl sites for hydroxylation is 1. The Kier molecular flexibility index (Phi) is 4.39. The average molecular weight is 296 g/mol. The highest BCUT2D eigenvalue weighted by Gasteiger charge is 2.09. The molecule has 3 rings (SSSR count). The second-order valence-corrected chi connectivity index (χ2v) is 5.30. The van der Waals surface area contributed by atoms with E-state index >= 15 is 0 Å². The molecule has 0 aliphatic carbocycles. The van der Waals surface area contributed by atoms with Gasteiger partial charge in [0.15, 0.2) is 0 Å². The number of nitrogens with zero attached hydrogens (tertiary/aromatic N) is 2. The molecule has 0 amide bonds. The molecule has 4 nitrogen and oxygen atoms in total. The number of aromatic nitrogens is 2. The van der Waals surface area contributed by atoms with Crippen molar-refractivity contribution >= 4 is 11.0 Å². The van der Waals surface area contributed by atoms with Crippen LogP contribution in [0.4, 0.5) is 0 Å². The number of aliphatic hydroxyl groups is 1. The zero-order valence-electron chi connectivity index (χ0n) is 12.7. The van der Waals surface area contributed by atoms with Crippen molar-refractivity contribution in [2.45, 2.75) is 19.9 Å². The van der Waals surface area contributed by atoms with Gasteiger partial charge in [0, 0.05) is 6.42 Å². The first-order chi connectivity index (χ1) is 10.8. The highest BCUT2D eigenvalue weighted by atomic mass is 16.5. The lowest BCUT2D eigenvalue weighted by Crippen LogP contribution is -2.12. The van der Waals surface area contributed by atoms with Crippen LogP contribution >= 0.6 is 0 Å². The molecule has 114 valence electrons. The predicted molar refractivity (Wildman–Crippen MR) is 87.2 cm³/mol. The lowest BCUT2D eigenvalue weighted by atomic mass is 10.2. The predicted octanol–water partition coefficient (Wildman–Crippen LogP) is 2.96. The minimum Gasteiger partial charge on any atom is -0.492 e. The van der Waals surface area contributed by atoms with E-state index in [2.05, 4.69) is 22.5 Å². The van der Waals surface area contributed by atoms with Gasteiger partial charge in [-0.1, -0.05) is 29.8 Å². The third kappa shape index (κ3) is 3.12. The minimum absolute atomic E-state index is 0.0993. The maximum Gasteiger partial charge on any atom is 0.119 e. The summed E-state index contributed by atoms with van der Waals surface area (Å²) in [7, 11) is 0. The van der Waals surface area contributed by atoms with Crippen molar-refractivity contribution in [3.05, 3.63) is 59.9 Å². The van der Waals surface area contributed by atoms with E-state index < -0.39 is 0 Å². The number of hydrogen-bond donors (Lipinski definition) is 1. The van der Waals surface area contributed by atoms with Crippen LogP contribution < -0.4 is 4.74 Å². The number of aliphatic hydroxyl groups excluding tert-OH is 1. The summed E-state index contributed by atoms with van der Waals surface area (Å²) in [6, 6.07) is 16.1. The van der Waals surface area contributed by atoms with Crippen molar-refractivity contribution in [1.82, 2.24) is 9.55 Å². The summed E-state index contributed by atoms with van der Waals surface area (Å²) in [5, 5.41) is 9.21. The summed E-state index contributed by atoms with van der Waals surface area (Å²) in [5.41, 5.74) is 3.26. The average Bonchev–Trinajstić information content (AvgIpc) is 2.88. The van der Waals surface area contributed by atoms with Crippen molar-refractivity contribution in [3.8, 4) is 5.75 Å². The zero-order valence-corrected chi connectivity index (χ0v) is 12.7. The Morgan fingerprint density at radius 2 is 1.86 bits per heavy atom. The molecule has 1 heterocycles. The number of hydrogen-bond acceptors (Lipinski definition) is 3. The molecule has 0 spiro atoms. The first-order valence-electron chi connectivity index (χ1n) is 7.52. The summed E-state index contributed by atoms with van der Waals surface area (Å²) in [6.07, 6.45) is 0.555. The van der Waals surface area contributed by atoms with E-state index in [0.29, 0.717) is 19.6 Å². The van der Waals surface area contributed by atoms with Gasteiger partial charge in [-0.15, -0.1) is 0 Å². The van der Waals surface area contributed by atoms with Crippen LogP contribution in [0.1, 0.15) is 11.4 Å². The van der Waals surface area contributed by atoms with Gasteiger partial charge in [0.1, 0.15) is 18.2 Å². The minimum atomic E-state index is 0.0993. The summed E-state index contributed by atoms with van der Waals surface area (Å²) < 4.78 is 7.93. The van der Waals surface area contributed by atoms with Gasteiger partial charge in [-0.2, -0.15) is 0 Å². The monoisotopic (exact) mass is 296 g/mol. The van der Waals surface area contributed by atoms with Gasteiger partial charge in [0.05, 0.1) is 24.2 Å². The van der Waals surface area contributed by atoms with E-state index in [4.69, 9.17) is 4.74 Å². The molecule has 0 aliphatic heterocycles. The molecule has 4 heteroatoms. The Bertz CT molecular complexity index is 747. The maximum absolute atomic E-state index is 9.21. The molecule has 0 bridgehead atoms. The Morgan fingerprint density at radius 3 is 2.64 bits per heavy atom. The van der Waals surface area contributed by atoms with Crippen molar-refractivity contribution < 1.29 is 9.84 Å². The number of para-hydroxylation sites is 2. The maximum atomic E-state index is 9.21. The molecule has 0 unspecified atom stereocenters. The van der Waals surface area contributed by atoms with Crippen molar-refractivity contribution in [2.75, 3.05) is 13.2 Å². The van der Waals surface area contributed by atoms with E-state index in [0.717, 1.165) is 22.6 Å². The summed E-state index contributed by atoms with van der Waals surface area (Å²) in [5.74, 6) is 1.77. The normalized spacial score (nSPS) is 11.0. The van der Waals surface area contributed by atoms with Gasteiger partial charge in [-0.3, -0.25) is 0 Å². The van der Waals surface area contributed by atoms with Gasteiger partial charge < -0.3 is 14.4 Å². The van der Waals surface area contributed by atoms with Crippen LogP contribution in [-0.2, 0) is 13.0 Å². The van der Waals surface area contributed by atoms with Crippen LogP contribution in [0.3, 0.4) is 0 Å². The van der Waals surface area contributed by atoms with E-state index in [1.807, 2.05) is 42.5 Å². The first-order valence-corrected chi connectivity index (χ1v) is 7.52. The highest BCUT2D eigenvalue weighted by Crippen LogP contribution is 2.17. The molecule has 1 N–H and O–H groups in total. The fourth-order valence-corrected chi connectivity index (χ4v) is 2.56. The summed E-state index contributed by atoms with van der Waals surface area (Å²) >= 11 is 0. The van der Waals surface area contributed by atoms with Gasteiger partial charge in [-0.25, -0.2) is 4.98 Å². The van der Waals surface area contributed by atoms with Gasteiger partial charge in [0.2, 0.25) is 0 Å². The molecule has 0 saturated heterocycles. The molecule has 0 radical (unpaired) electrons. The van der Waals surface area contributed by atoms with E-state index in [1.165, 1.54) is 5.56 Å². The number of fused-ring (bicyclic) bond motifs is 1. The van der Waals surface area contributed by atoms with Gasteiger partial charge >= 0.3 is 0 Å². The molecule has 3 aromatic rings. The van der Waals surface area contributed by atoms with Crippen LogP contribution in [0, 0.1) is 6.92 Å². The molecule has 0 aliphatic rings. The molecule has 0 fully saturated rings. The van der Waals surface area contributed by atoms with Crippen molar-refractivity contribution in [1.29, 1.82) is 0 Å². The fourth-order valence-electron chi connectivity index (χ4n) is 2.56. The Balaban J connectivity index is 1.74. The van der Waals surface area contributed by atoms with Crippen LogP contribution in [0.25, 0.3) is 11.0 Å². The number of benzene rings is 2. The SMILES string of the molecule is Cc1ccc(OCCn2c(CCO)nc3ccccc32)cc1. The largest absolute Gasteiger partial charge is 0.492 e. The lowest BCUT2D eigenvalue weighted by molar-refractivity contribution is 0.283. The smallest absolute Gasteiger partial charge is 0.119 e. The molecule has 0 saturated carbocycles. The number of ether oxygens (including phenoxy) is 1. The second kappa shape index (κ2) is 6.62. The van der Waals surface area contributed by atoms with Gasteiger partial charge in [-0.05, 0) is 31.2 Å². The van der Waals surface area contributed by atoms with Crippen molar-refractivity contribution in [2.24, 2.45) is 0 Å². The standard InChI is InChI=1S/C18H20N2O2/c1-14-6-8-15(9-7-14)22-13-11-20-17-5-3-2-4-16(17)19-18(20)10-12-21/h2-9,21H,10-13H2,1H3. The van der Waals surface area contributed by atoms with Crippen LogP contribution in [0.5, 0.6) is 5.75 Å². The quantitative estimate of drug-likeness (QED) is 0.761. The molecule has 2 aromatic carbocycles. The zero-order chi connectivity index (χ0) is 15.4. The fraction of sp³-hybridized carbons (Fsp3) is 0.278. The van der Waals surface area contributed by atoms with Crippen LogP contribution in [-0.4, -0.2) is 27.9 Å². The van der Waals surface area contributed by atoms with E-state index in [-0.39, 0.29) is 6.61 Å². The van der Waals surface area contributed by atoms with E-state index in [9.17, 15) is 5.11 Å². The third-order valence-electron chi connectivity index (χ3n) is 3.67. The molecule has 0 atom stereocenters. The molecular formula is C18H20N2O2. The summed E-state index contributed by atoms with van der Waals surface area (Å²) in [6.45, 7) is 3.44. The Labute approximate surface area is 130 Å². The topological polar surface area (TPSA) is 47.3 Å². The molecule has 22 heavy (non-hydrogen) atoms. The number of imidazole rings is 1. The second-order valence-electron chi connectivity index (χ2n) is 5.30. The lowest BCUT2D eigenvalue weighted by Gasteiger charge is -2.10. The Hall–Kier alpha value is -2.33.